The lowest BCUT2D eigenvalue weighted by Crippen LogP contribution is -1.93. The minimum Gasteiger partial charge on any atom is -0.289 e. The number of carbonyl (C=O) groups is 1. The second-order valence-corrected chi connectivity index (χ2v) is 2.37. The molecule has 1 nitrogen and oxygen atoms in total. The third-order valence-corrected chi connectivity index (χ3v) is 1.45. The number of ketones is 1. The van der Waals surface area contributed by atoms with Gasteiger partial charge in [0.25, 0.3) is 0 Å². The van der Waals surface area contributed by atoms with Crippen molar-refractivity contribution in [3.8, 4) is 0 Å². The number of carbonyl (C=O) groups excluding carboxylic acids is 1. The fourth-order valence-electron chi connectivity index (χ4n) is 0.862. The van der Waals surface area contributed by atoms with Crippen LogP contribution in [0.5, 0.6) is 0 Å². The summed E-state index contributed by atoms with van der Waals surface area (Å²) >= 11 is 0. The lowest BCUT2D eigenvalue weighted by molar-refractivity contribution is 0.104. The number of allylic oxidation sites excluding steroid dienone is 2. The van der Waals surface area contributed by atoms with Crippen molar-refractivity contribution < 1.29 is 9.18 Å². The molecule has 0 fully saturated rings. The number of halogens is 1. The van der Waals surface area contributed by atoms with Gasteiger partial charge in [0.15, 0.2) is 5.78 Å². The van der Waals surface area contributed by atoms with Crippen LogP contribution in [-0.4, -0.2) is 5.78 Å². The number of hydrogen-bond acceptors (Lipinski definition) is 1. The first-order valence-corrected chi connectivity index (χ1v) is 3.66. The first-order chi connectivity index (χ1) is 5.74. The quantitative estimate of drug-likeness (QED) is 0.485. The molecule has 0 N–H and O–H groups in total. The second-order valence-electron chi connectivity index (χ2n) is 2.37. The van der Waals surface area contributed by atoms with Crippen LogP contribution in [0.1, 0.15) is 17.3 Å². The fourth-order valence-corrected chi connectivity index (χ4v) is 0.862. The van der Waals surface area contributed by atoms with Gasteiger partial charge < -0.3 is 0 Å². The van der Waals surface area contributed by atoms with Gasteiger partial charge >= 0.3 is 0 Å². The maximum Gasteiger partial charge on any atom is 0.185 e. The summed E-state index contributed by atoms with van der Waals surface area (Å²) in [6.07, 6.45) is 3.11. The average molecular weight is 164 g/mol. The molecule has 0 aliphatic heterocycles. The Hall–Kier alpha value is -1.44. The van der Waals surface area contributed by atoms with Crippen molar-refractivity contribution in [2.24, 2.45) is 0 Å². The normalized spacial score (nSPS) is 10.5. The smallest absolute Gasteiger partial charge is 0.185 e. The highest BCUT2D eigenvalue weighted by molar-refractivity contribution is 6.04. The Bertz CT molecular complexity index is 298. The predicted molar refractivity (Wildman–Crippen MR) is 45.5 cm³/mol. The molecule has 0 amide bonds. The summed E-state index contributed by atoms with van der Waals surface area (Å²) in [7, 11) is 0. The van der Waals surface area contributed by atoms with Crippen molar-refractivity contribution in [2.75, 3.05) is 0 Å². The maximum absolute atomic E-state index is 12.4. The third kappa shape index (κ3) is 2.02. The van der Waals surface area contributed by atoms with Crippen molar-refractivity contribution in [1.29, 1.82) is 0 Å². The topological polar surface area (TPSA) is 17.1 Å². The van der Waals surface area contributed by atoms with Crippen LogP contribution in [0.3, 0.4) is 0 Å². The number of benzene rings is 1. The summed E-state index contributed by atoms with van der Waals surface area (Å²) in [5.74, 6) is -0.426. The Labute approximate surface area is 70.5 Å². The van der Waals surface area contributed by atoms with Gasteiger partial charge in [0, 0.05) is 5.56 Å². The van der Waals surface area contributed by atoms with Gasteiger partial charge in [-0.3, -0.25) is 4.79 Å². The van der Waals surface area contributed by atoms with Gasteiger partial charge in [-0.2, -0.15) is 0 Å². The largest absolute Gasteiger partial charge is 0.289 e. The van der Waals surface area contributed by atoms with E-state index in [-0.39, 0.29) is 11.6 Å². The Morgan fingerprint density at radius 2 is 1.92 bits per heavy atom. The molecular weight excluding hydrogens is 155 g/mol. The van der Waals surface area contributed by atoms with Gasteiger partial charge in [-0.1, -0.05) is 6.08 Å². The summed E-state index contributed by atoms with van der Waals surface area (Å²) in [4.78, 5) is 11.1. The van der Waals surface area contributed by atoms with E-state index in [2.05, 4.69) is 0 Å². The van der Waals surface area contributed by atoms with Crippen molar-refractivity contribution in [3.05, 3.63) is 47.8 Å². The molecule has 0 aromatic heterocycles. The maximum atomic E-state index is 12.4. The monoisotopic (exact) mass is 164 g/mol. The van der Waals surface area contributed by atoms with Crippen LogP contribution >= 0.6 is 0 Å². The Balaban J connectivity index is 2.90. The zero-order chi connectivity index (χ0) is 8.97. The number of hydrogen-bond donors (Lipinski definition) is 0. The number of rotatable bonds is 2. The summed E-state index contributed by atoms with van der Waals surface area (Å²) in [5.41, 5.74) is 0.509. The van der Waals surface area contributed by atoms with E-state index in [1.165, 1.54) is 30.3 Å². The van der Waals surface area contributed by atoms with E-state index in [1.807, 2.05) is 0 Å². The first kappa shape index (κ1) is 8.65. The van der Waals surface area contributed by atoms with Crippen LogP contribution < -0.4 is 0 Å². The predicted octanol–water partition coefficient (Wildman–Crippen LogP) is 2.58. The van der Waals surface area contributed by atoms with Crippen LogP contribution in [0.2, 0.25) is 0 Å². The molecule has 2 heteroatoms. The summed E-state index contributed by atoms with van der Waals surface area (Å²) in [6.45, 7) is 1.77. The van der Waals surface area contributed by atoms with Gasteiger partial charge in [-0.25, -0.2) is 4.39 Å². The second kappa shape index (κ2) is 3.81. The highest BCUT2D eigenvalue weighted by atomic mass is 19.1. The molecule has 0 radical (unpaired) electrons. The van der Waals surface area contributed by atoms with Crippen molar-refractivity contribution >= 4 is 5.78 Å². The molecule has 0 bridgehead atoms. The van der Waals surface area contributed by atoms with Gasteiger partial charge in [0.2, 0.25) is 0 Å². The molecule has 1 aromatic carbocycles. The van der Waals surface area contributed by atoms with Crippen LogP contribution in [0.4, 0.5) is 4.39 Å². The lowest BCUT2D eigenvalue weighted by atomic mass is 10.1. The van der Waals surface area contributed by atoms with Gasteiger partial charge in [-0.05, 0) is 37.3 Å². The van der Waals surface area contributed by atoms with E-state index in [0.717, 1.165) is 0 Å². The zero-order valence-corrected chi connectivity index (χ0v) is 6.75. The molecule has 0 atom stereocenters. The molecule has 0 heterocycles. The van der Waals surface area contributed by atoms with Crippen LogP contribution in [0, 0.1) is 5.82 Å². The van der Waals surface area contributed by atoms with Gasteiger partial charge in [-0.15, -0.1) is 0 Å². The standard InChI is InChI=1S/C10H9FO/c1-2-3-10(12)8-4-6-9(11)7-5-8/h2-7H,1H3/b3-2+. The molecule has 0 unspecified atom stereocenters. The minimum atomic E-state index is -0.327. The fraction of sp³-hybridized carbons (Fsp3) is 0.100. The highest BCUT2D eigenvalue weighted by Gasteiger charge is 1.99. The molecule has 1 aromatic rings. The Morgan fingerprint density at radius 1 is 1.33 bits per heavy atom. The molecule has 0 saturated heterocycles. The van der Waals surface area contributed by atoms with Crippen molar-refractivity contribution in [1.82, 2.24) is 0 Å². The molecule has 1 rings (SSSR count). The Kier molecular flexibility index (Phi) is 2.75. The summed E-state index contributed by atoms with van der Waals surface area (Å²) in [5, 5.41) is 0. The van der Waals surface area contributed by atoms with Gasteiger partial charge in [0.05, 0.1) is 0 Å². The third-order valence-electron chi connectivity index (χ3n) is 1.45. The average Bonchev–Trinajstić information content (AvgIpc) is 2.06. The lowest BCUT2D eigenvalue weighted by Gasteiger charge is -1.93. The summed E-state index contributed by atoms with van der Waals surface area (Å²) in [6, 6.07) is 5.49. The van der Waals surface area contributed by atoms with Crippen molar-refractivity contribution in [3.63, 3.8) is 0 Å². The minimum absolute atomic E-state index is 0.0995. The molecule has 62 valence electrons. The van der Waals surface area contributed by atoms with E-state index in [1.54, 1.807) is 13.0 Å². The molecule has 0 aliphatic carbocycles. The van der Waals surface area contributed by atoms with Crippen LogP contribution in [0.15, 0.2) is 36.4 Å². The van der Waals surface area contributed by atoms with Crippen molar-refractivity contribution in [2.45, 2.75) is 6.92 Å². The first-order valence-electron chi connectivity index (χ1n) is 3.66. The summed E-state index contributed by atoms with van der Waals surface area (Å²) < 4.78 is 12.4. The molecule has 0 spiro atoms. The van der Waals surface area contributed by atoms with E-state index < -0.39 is 0 Å². The van der Waals surface area contributed by atoms with Crippen LogP contribution in [0.25, 0.3) is 0 Å². The molecular formula is C10H9FO. The van der Waals surface area contributed by atoms with E-state index in [9.17, 15) is 9.18 Å². The van der Waals surface area contributed by atoms with Crippen LogP contribution in [-0.2, 0) is 0 Å². The Morgan fingerprint density at radius 3 is 2.42 bits per heavy atom. The van der Waals surface area contributed by atoms with E-state index in [4.69, 9.17) is 0 Å². The van der Waals surface area contributed by atoms with E-state index in [0.29, 0.717) is 5.56 Å². The highest BCUT2D eigenvalue weighted by Crippen LogP contribution is 2.03. The van der Waals surface area contributed by atoms with E-state index >= 15 is 0 Å². The molecule has 12 heavy (non-hydrogen) atoms. The molecule has 0 saturated carbocycles. The van der Waals surface area contributed by atoms with Gasteiger partial charge in [0.1, 0.15) is 5.82 Å². The zero-order valence-electron chi connectivity index (χ0n) is 6.75. The molecule has 0 aliphatic rings. The SMILES string of the molecule is C/C=C/C(=O)c1ccc(F)cc1.